The Kier molecular flexibility index (Phi) is 7.86. The number of ether oxygens (including phenoxy) is 1. The lowest BCUT2D eigenvalue weighted by atomic mass is 10.1. The number of amides is 1. The SMILES string of the molecule is COc1ccc(F)cc1CN1CCN(CC(=O)NCCc2ccc(Cl)cc2)CC1. The van der Waals surface area contributed by atoms with Crippen LogP contribution in [0.2, 0.25) is 5.02 Å². The summed E-state index contributed by atoms with van der Waals surface area (Å²) in [7, 11) is 1.60. The van der Waals surface area contributed by atoms with Gasteiger partial charge >= 0.3 is 0 Å². The van der Waals surface area contributed by atoms with Crippen molar-refractivity contribution in [2.24, 2.45) is 0 Å². The fraction of sp³-hybridized carbons (Fsp3) is 0.409. The minimum absolute atomic E-state index is 0.0409. The van der Waals surface area contributed by atoms with E-state index >= 15 is 0 Å². The Morgan fingerprint density at radius 3 is 2.48 bits per heavy atom. The normalized spacial score (nSPS) is 15.3. The van der Waals surface area contributed by atoms with E-state index in [2.05, 4.69) is 15.1 Å². The van der Waals surface area contributed by atoms with Crippen LogP contribution in [0.5, 0.6) is 5.75 Å². The molecule has 3 rings (SSSR count). The summed E-state index contributed by atoms with van der Waals surface area (Å²) in [5.74, 6) is 0.489. The topological polar surface area (TPSA) is 44.8 Å². The van der Waals surface area contributed by atoms with Gasteiger partial charge in [0.15, 0.2) is 0 Å². The molecule has 1 fully saturated rings. The van der Waals surface area contributed by atoms with Gasteiger partial charge in [-0.15, -0.1) is 0 Å². The first-order valence-electron chi connectivity index (χ1n) is 9.82. The second-order valence-corrected chi connectivity index (χ2v) is 7.67. The third kappa shape index (κ3) is 6.70. The maximum Gasteiger partial charge on any atom is 0.234 e. The van der Waals surface area contributed by atoms with Gasteiger partial charge in [-0.05, 0) is 42.3 Å². The third-order valence-electron chi connectivity index (χ3n) is 5.12. The molecule has 7 heteroatoms. The smallest absolute Gasteiger partial charge is 0.234 e. The van der Waals surface area contributed by atoms with Crippen LogP contribution in [0.3, 0.4) is 0 Å². The van der Waals surface area contributed by atoms with E-state index in [1.54, 1.807) is 13.2 Å². The Morgan fingerprint density at radius 1 is 1.10 bits per heavy atom. The van der Waals surface area contributed by atoms with Crippen molar-refractivity contribution in [1.82, 2.24) is 15.1 Å². The molecule has 0 bridgehead atoms. The lowest BCUT2D eigenvalue weighted by molar-refractivity contribution is -0.122. The zero-order valence-electron chi connectivity index (χ0n) is 16.7. The van der Waals surface area contributed by atoms with Crippen LogP contribution in [0.15, 0.2) is 42.5 Å². The van der Waals surface area contributed by atoms with Gasteiger partial charge < -0.3 is 10.1 Å². The van der Waals surface area contributed by atoms with Crippen molar-refractivity contribution >= 4 is 17.5 Å². The molecule has 156 valence electrons. The fourth-order valence-corrected chi connectivity index (χ4v) is 3.60. The summed E-state index contributed by atoms with van der Waals surface area (Å²) in [6.07, 6.45) is 0.784. The molecule has 29 heavy (non-hydrogen) atoms. The van der Waals surface area contributed by atoms with E-state index in [-0.39, 0.29) is 11.7 Å². The molecule has 1 amide bonds. The first-order chi connectivity index (χ1) is 14.0. The van der Waals surface area contributed by atoms with E-state index in [1.165, 1.54) is 12.1 Å². The summed E-state index contributed by atoms with van der Waals surface area (Å²) in [4.78, 5) is 16.6. The molecule has 0 atom stereocenters. The van der Waals surface area contributed by atoms with Crippen molar-refractivity contribution < 1.29 is 13.9 Å². The van der Waals surface area contributed by atoms with Crippen LogP contribution in [0.1, 0.15) is 11.1 Å². The molecule has 1 aliphatic heterocycles. The Bertz CT molecular complexity index is 808. The number of rotatable bonds is 8. The number of nitrogens with zero attached hydrogens (tertiary/aromatic N) is 2. The Labute approximate surface area is 176 Å². The number of carbonyl (C=O) groups is 1. The molecule has 0 aromatic heterocycles. The van der Waals surface area contributed by atoms with Gasteiger partial charge in [-0.1, -0.05) is 23.7 Å². The lowest BCUT2D eigenvalue weighted by Crippen LogP contribution is -2.49. The Hall–Kier alpha value is -2.15. The predicted octanol–water partition coefficient (Wildman–Crippen LogP) is 2.96. The van der Waals surface area contributed by atoms with Crippen LogP contribution in [0.4, 0.5) is 4.39 Å². The summed E-state index contributed by atoms with van der Waals surface area (Å²) in [6.45, 7) is 4.93. The minimum atomic E-state index is -0.255. The average Bonchev–Trinajstić information content (AvgIpc) is 2.71. The van der Waals surface area contributed by atoms with Crippen molar-refractivity contribution in [3.63, 3.8) is 0 Å². The van der Waals surface area contributed by atoms with E-state index in [1.807, 2.05) is 24.3 Å². The summed E-state index contributed by atoms with van der Waals surface area (Å²) in [5.41, 5.74) is 2.00. The largest absolute Gasteiger partial charge is 0.496 e. The highest BCUT2D eigenvalue weighted by Gasteiger charge is 2.20. The van der Waals surface area contributed by atoms with Crippen molar-refractivity contribution in [3.05, 3.63) is 64.4 Å². The molecule has 1 aliphatic rings. The standard InChI is InChI=1S/C22H27ClFN3O2/c1-29-21-7-6-20(24)14-18(21)15-26-10-12-27(13-11-26)16-22(28)25-9-8-17-2-4-19(23)5-3-17/h2-7,14H,8-13,15-16H2,1H3,(H,25,28). The van der Waals surface area contributed by atoms with Crippen molar-refractivity contribution in [3.8, 4) is 5.75 Å². The summed E-state index contributed by atoms with van der Waals surface area (Å²) in [5, 5.41) is 3.70. The van der Waals surface area contributed by atoms with Gasteiger partial charge in [-0.25, -0.2) is 4.39 Å². The van der Waals surface area contributed by atoms with E-state index in [4.69, 9.17) is 16.3 Å². The number of piperazine rings is 1. The van der Waals surface area contributed by atoms with Gasteiger partial charge in [-0.3, -0.25) is 14.6 Å². The molecule has 1 heterocycles. The highest BCUT2D eigenvalue weighted by Crippen LogP contribution is 2.21. The summed E-state index contributed by atoms with van der Waals surface area (Å²) >= 11 is 5.88. The second kappa shape index (κ2) is 10.6. The Balaban J connectivity index is 1.37. The molecule has 1 N–H and O–H groups in total. The quantitative estimate of drug-likeness (QED) is 0.714. The van der Waals surface area contributed by atoms with Crippen LogP contribution in [-0.2, 0) is 17.8 Å². The number of carbonyl (C=O) groups excluding carboxylic acids is 1. The maximum atomic E-state index is 13.5. The molecule has 5 nitrogen and oxygen atoms in total. The van der Waals surface area contributed by atoms with Crippen molar-refractivity contribution in [2.45, 2.75) is 13.0 Å². The van der Waals surface area contributed by atoms with E-state index in [0.29, 0.717) is 30.4 Å². The number of hydrogen-bond donors (Lipinski definition) is 1. The van der Waals surface area contributed by atoms with E-state index in [9.17, 15) is 9.18 Å². The molecular formula is C22H27ClFN3O2. The monoisotopic (exact) mass is 419 g/mol. The third-order valence-corrected chi connectivity index (χ3v) is 5.37. The molecule has 0 radical (unpaired) electrons. The van der Waals surface area contributed by atoms with Crippen LogP contribution in [0.25, 0.3) is 0 Å². The average molecular weight is 420 g/mol. The minimum Gasteiger partial charge on any atom is -0.496 e. The summed E-state index contributed by atoms with van der Waals surface area (Å²) < 4.78 is 18.9. The fourth-order valence-electron chi connectivity index (χ4n) is 3.47. The van der Waals surface area contributed by atoms with Crippen LogP contribution >= 0.6 is 11.6 Å². The molecule has 0 unspecified atom stereocenters. The zero-order valence-corrected chi connectivity index (χ0v) is 17.4. The molecule has 1 saturated heterocycles. The number of methoxy groups -OCH3 is 1. The van der Waals surface area contributed by atoms with Crippen molar-refractivity contribution in [1.29, 1.82) is 0 Å². The van der Waals surface area contributed by atoms with E-state index < -0.39 is 0 Å². The molecule has 0 aliphatic carbocycles. The van der Waals surface area contributed by atoms with Gasteiger partial charge in [-0.2, -0.15) is 0 Å². The van der Waals surface area contributed by atoms with Crippen LogP contribution < -0.4 is 10.1 Å². The van der Waals surface area contributed by atoms with Gasteiger partial charge in [0.25, 0.3) is 0 Å². The first-order valence-corrected chi connectivity index (χ1v) is 10.2. The molecule has 2 aromatic rings. The molecular weight excluding hydrogens is 393 g/mol. The van der Waals surface area contributed by atoms with Crippen LogP contribution in [0, 0.1) is 5.82 Å². The maximum absolute atomic E-state index is 13.5. The molecule has 2 aromatic carbocycles. The highest BCUT2D eigenvalue weighted by atomic mass is 35.5. The number of halogens is 2. The number of hydrogen-bond acceptors (Lipinski definition) is 4. The van der Waals surface area contributed by atoms with Crippen molar-refractivity contribution in [2.75, 3.05) is 46.4 Å². The van der Waals surface area contributed by atoms with E-state index in [0.717, 1.165) is 43.7 Å². The molecule has 0 spiro atoms. The molecule has 0 saturated carbocycles. The number of benzene rings is 2. The zero-order chi connectivity index (χ0) is 20.6. The highest BCUT2D eigenvalue weighted by molar-refractivity contribution is 6.30. The van der Waals surface area contributed by atoms with Crippen LogP contribution in [-0.4, -0.2) is 62.1 Å². The Morgan fingerprint density at radius 2 is 1.79 bits per heavy atom. The lowest BCUT2D eigenvalue weighted by Gasteiger charge is -2.34. The predicted molar refractivity (Wildman–Crippen MR) is 113 cm³/mol. The van der Waals surface area contributed by atoms with Gasteiger partial charge in [0.05, 0.1) is 13.7 Å². The van der Waals surface area contributed by atoms with Gasteiger partial charge in [0.2, 0.25) is 5.91 Å². The summed E-state index contributed by atoms with van der Waals surface area (Å²) in [6, 6.07) is 12.3. The number of nitrogens with one attached hydrogen (secondary N) is 1. The van der Waals surface area contributed by atoms with Gasteiger partial charge in [0.1, 0.15) is 11.6 Å². The second-order valence-electron chi connectivity index (χ2n) is 7.23. The first kappa shape index (κ1) is 21.6. The van der Waals surface area contributed by atoms with Gasteiger partial charge in [0, 0.05) is 49.9 Å².